The maximum Gasteiger partial charge on any atom is 0.252 e. The standard InChI is InChI=1S/C22H22N6O2S/c1-14-7-16(27(2)26-14)8-15-3-4-20-19(9-15)18(5-6-24-20)22(30)25-11-21(29)28-13-31-12-17(28)10-23/h3-7,9,17H,8,11-13H2,1-2H3,(H,25,30)/t17-/m1/s1. The summed E-state index contributed by atoms with van der Waals surface area (Å²) in [6, 6.07) is 11.2. The number of hydrogen-bond donors (Lipinski definition) is 1. The predicted molar refractivity (Wildman–Crippen MR) is 118 cm³/mol. The molecule has 0 radical (unpaired) electrons. The third kappa shape index (κ3) is 4.39. The van der Waals surface area contributed by atoms with Gasteiger partial charge in [-0.1, -0.05) is 6.07 Å². The van der Waals surface area contributed by atoms with Crippen molar-refractivity contribution in [2.45, 2.75) is 19.4 Å². The molecule has 0 unspecified atom stereocenters. The number of thioether (sulfide) groups is 1. The fourth-order valence-corrected chi connectivity index (χ4v) is 4.79. The number of nitriles is 1. The van der Waals surface area contributed by atoms with E-state index in [0.717, 1.165) is 22.3 Å². The molecule has 4 rings (SSSR count). The molecule has 1 atom stereocenters. The van der Waals surface area contributed by atoms with E-state index in [1.807, 2.05) is 42.9 Å². The quantitative estimate of drug-likeness (QED) is 0.659. The lowest BCUT2D eigenvalue weighted by Gasteiger charge is -2.18. The first-order valence-corrected chi connectivity index (χ1v) is 11.0. The summed E-state index contributed by atoms with van der Waals surface area (Å²) in [5.74, 6) is 0.483. The van der Waals surface area contributed by atoms with Crippen LogP contribution in [0.3, 0.4) is 0 Å². The molecule has 158 valence electrons. The van der Waals surface area contributed by atoms with Crippen LogP contribution in [0, 0.1) is 18.3 Å². The van der Waals surface area contributed by atoms with Gasteiger partial charge in [0.15, 0.2) is 0 Å². The number of aryl methyl sites for hydroxylation is 2. The molecular formula is C22H22N6O2S. The predicted octanol–water partition coefficient (Wildman–Crippen LogP) is 2.02. The van der Waals surface area contributed by atoms with E-state index >= 15 is 0 Å². The van der Waals surface area contributed by atoms with E-state index < -0.39 is 6.04 Å². The van der Waals surface area contributed by atoms with E-state index in [9.17, 15) is 9.59 Å². The minimum Gasteiger partial charge on any atom is -0.343 e. The summed E-state index contributed by atoms with van der Waals surface area (Å²) in [6.45, 7) is 1.81. The van der Waals surface area contributed by atoms with Gasteiger partial charge in [0.25, 0.3) is 5.91 Å². The van der Waals surface area contributed by atoms with Crippen LogP contribution in [0.15, 0.2) is 36.5 Å². The Kier molecular flexibility index (Phi) is 5.91. The number of aromatic nitrogens is 3. The molecule has 1 aliphatic rings. The maximum absolute atomic E-state index is 12.9. The van der Waals surface area contributed by atoms with Crippen LogP contribution < -0.4 is 5.32 Å². The van der Waals surface area contributed by atoms with Crippen LogP contribution in [0.5, 0.6) is 0 Å². The molecule has 31 heavy (non-hydrogen) atoms. The molecule has 1 aromatic carbocycles. The zero-order valence-electron chi connectivity index (χ0n) is 17.3. The topological polar surface area (TPSA) is 104 Å². The lowest BCUT2D eigenvalue weighted by Crippen LogP contribution is -2.42. The zero-order chi connectivity index (χ0) is 22.0. The Morgan fingerprint density at radius 3 is 2.90 bits per heavy atom. The number of carbonyl (C=O) groups excluding carboxylic acids is 2. The van der Waals surface area contributed by atoms with Crippen molar-refractivity contribution >= 4 is 34.5 Å². The Bertz CT molecular complexity index is 1200. The minimum absolute atomic E-state index is 0.143. The van der Waals surface area contributed by atoms with Crippen LogP contribution in [0.4, 0.5) is 0 Å². The Morgan fingerprint density at radius 2 is 2.16 bits per heavy atom. The average Bonchev–Trinajstić information content (AvgIpc) is 3.37. The molecular weight excluding hydrogens is 412 g/mol. The number of pyridine rings is 1. The first-order valence-electron chi connectivity index (χ1n) is 9.88. The van der Waals surface area contributed by atoms with Gasteiger partial charge in [0, 0.05) is 36.5 Å². The fraction of sp³-hybridized carbons (Fsp3) is 0.318. The molecule has 3 aromatic rings. The van der Waals surface area contributed by atoms with Crippen LogP contribution in [0.2, 0.25) is 0 Å². The van der Waals surface area contributed by atoms with E-state index in [-0.39, 0.29) is 18.4 Å². The Morgan fingerprint density at radius 1 is 1.32 bits per heavy atom. The van der Waals surface area contributed by atoms with Gasteiger partial charge in [-0.15, -0.1) is 11.8 Å². The number of benzene rings is 1. The van der Waals surface area contributed by atoms with Gasteiger partial charge < -0.3 is 10.2 Å². The lowest BCUT2D eigenvalue weighted by molar-refractivity contribution is -0.129. The van der Waals surface area contributed by atoms with E-state index in [1.54, 1.807) is 12.3 Å². The summed E-state index contributed by atoms with van der Waals surface area (Å²) >= 11 is 1.54. The molecule has 9 heteroatoms. The van der Waals surface area contributed by atoms with Gasteiger partial charge in [0.2, 0.25) is 5.91 Å². The van der Waals surface area contributed by atoms with Crippen LogP contribution in [0.25, 0.3) is 10.9 Å². The lowest BCUT2D eigenvalue weighted by atomic mass is 10.0. The van der Waals surface area contributed by atoms with Crippen molar-refractivity contribution in [2.75, 3.05) is 18.2 Å². The van der Waals surface area contributed by atoms with Crippen molar-refractivity contribution < 1.29 is 9.59 Å². The minimum atomic E-state index is -0.436. The summed E-state index contributed by atoms with van der Waals surface area (Å²) in [7, 11) is 1.91. The van der Waals surface area contributed by atoms with Crippen molar-refractivity contribution in [3.63, 3.8) is 0 Å². The SMILES string of the molecule is Cc1cc(Cc2ccc3nccc(C(=O)NCC(=O)N4CSC[C@H]4C#N)c3c2)n(C)n1. The van der Waals surface area contributed by atoms with E-state index in [2.05, 4.69) is 21.5 Å². The molecule has 0 spiro atoms. The summed E-state index contributed by atoms with van der Waals surface area (Å²) in [4.78, 5) is 31.2. The van der Waals surface area contributed by atoms with Gasteiger partial charge in [-0.3, -0.25) is 19.3 Å². The molecule has 1 saturated heterocycles. The largest absolute Gasteiger partial charge is 0.343 e. The summed E-state index contributed by atoms with van der Waals surface area (Å²) in [5.41, 5.74) is 4.25. The van der Waals surface area contributed by atoms with Gasteiger partial charge in [0.05, 0.1) is 35.3 Å². The highest BCUT2D eigenvalue weighted by Crippen LogP contribution is 2.22. The van der Waals surface area contributed by atoms with Crippen LogP contribution in [-0.4, -0.2) is 55.7 Å². The zero-order valence-corrected chi connectivity index (χ0v) is 18.1. The summed E-state index contributed by atoms with van der Waals surface area (Å²) < 4.78 is 1.85. The monoisotopic (exact) mass is 434 g/mol. The van der Waals surface area contributed by atoms with E-state index in [0.29, 0.717) is 29.1 Å². The van der Waals surface area contributed by atoms with Crippen LogP contribution in [0.1, 0.15) is 27.3 Å². The first-order chi connectivity index (χ1) is 15.0. The highest BCUT2D eigenvalue weighted by molar-refractivity contribution is 7.99. The maximum atomic E-state index is 12.9. The third-order valence-electron chi connectivity index (χ3n) is 5.29. The van der Waals surface area contributed by atoms with Crippen molar-refractivity contribution in [1.29, 1.82) is 5.26 Å². The Hall–Kier alpha value is -3.38. The number of carbonyl (C=O) groups is 2. The highest BCUT2D eigenvalue weighted by Gasteiger charge is 2.29. The van der Waals surface area contributed by atoms with Crippen LogP contribution in [-0.2, 0) is 18.3 Å². The second kappa shape index (κ2) is 8.78. The highest BCUT2D eigenvalue weighted by atomic mass is 32.2. The van der Waals surface area contributed by atoms with Gasteiger partial charge >= 0.3 is 0 Å². The van der Waals surface area contributed by atoms with Gasteiger partial charge in [-0.2, -0.15) is 10.4 Å². The van der Waals surface area contributed by atoms with Crippen molar-refractivity contribution in [3.05, 3.63) is 59.0 Å². The number of nitrogens with zero attached hydrogens (tertiary/aromatic N) is 5. The molecule has 1 fully saturated rings. The molecule has 0 bridgehead atoms. The molecule has 0 aliphatic carbocycles. The number of amides is 2. The summed E-state index contributed by atoms with van der Waals surface area (Å²) in [6.07, 6.45) is 2.27. The van der Waals surface area contributed by atoms with E-state index in [1.165, 1.54) is 16.7 Å². The first kappa shape index (κ1) is 20.9. The normalized spacial score (nSPS) is 15.8. The number of fused-ring (bicyclic) bond motifs is 1. The second-order valence-electron chi connectivity index (χ2n) is 7.48. The molecule has 8 nitrogen and oxygen atoms in total. The van der Waals surface area contributed by atoms with Crippen LogP contribution >= 0.6 is 11.8 Å². The Labute approximate surface area is 184 Å². The van der Waals surface area contributed by atoms with Crippen molar-refractivity contribution in [2.24, 2.45) is 7.05 Å². The smallest absolute Gasteiger partial charge is 0.252 e. The second-order valence-corrected chi connectivity index (χ2v) is 8.48. The molecule has 2 amide bonds. The number of nitrogens with one attached hydrogen (secondary N) is 1. The average molecular weight is 435 g/mol. The Balaban J connectivity index is 1.52. The molecule has 1 aliphatic heterocycles. The molecule has 2 aromatic heterocycles. The fourth-order valence-electron chi connectivity index (χ4n) is 3.69. The van der Waals surface area contributed by atoms with Gasteiger partial charge in [0.1, 0.15) is 6.04 Å². The third-order valence-corrected chi connectivity index (χ3v) is 6.30. The molecule has 3 heterocycles. The molecule has 0 saturated carbocycles. The molecule has 1 N–H and O–H groups in total. The summed E-state index contributed by atoms with van der Waals surface area (Å²) in [5, 5.41) is 17.0. The van der Waals surface area contributed by atoms with Crippen molar-refractivity contribution in [3.8, 4) is 6.07 Å². The van der Waals surface area contributed by atoms with Gasteiger partial charge in [-0.05, 0) is 36.8 Å². The number of hydrogen-bond acceptors (Lipinski definition) is 6. The van der Waals surface area contributed by atoms with Gasteiger partial charge in [-0.25, -0.2) is 0 Å². The van der Waals surface area contributed by atoms with E-state index in [4.69, 9.17) is 5.26 Å². The number of rotatable bonds is 5. The van der Waals surface area contributed by atoms with Crippen molar-refractivity contribution in [1.82, 2.24) is 25.0 Å².